The molecule has 0 saturated heterocycles. The number of ether oxygens (including phenoxy) is 3. The molecule has 0 spiro atoms. The zero-order valence-corrected chi connectivity index (χ0v) is 20.1. The number of aromatic nitrogens is 2. The van der Waals surface area contributed by atoms with Gasteiger partial charge in [0.25, 0.3) is 5.91 Å². The van der Waals surface area contributed by atoms with Crippen molar-refractivity contribution in [3.63, 3.8) is 0 Å². The number of pyridine rings is 2. The molecular weight excluding hydrogens is 458 g/mol. The second kappa shape index (κ2) is 11.4. The first kappa shape index (κ1) is 24.8. The maximum Gasteiger partial charge on any atom is 0.303 e. The Hall–Kier alpha value is -3.79. The van der Waals surface area contributed by atoms with Crippen molar-refractivity contribution in [1.29, 1.82) is 0 Å². The van der Waals surface area contributed by atoms with Crippen molar-refractivity contribution >= 4 is 28.4 Å². The van der Waals surface area contributed by atoms with Gasteiger partial charge in [0.15, 0.2) is 0 Å². The fourth-order valence-corrected chi connectivity index (χ4v) is 4.31. The molecule has 0 aliphatic heterocycles. The van der Waals surface area contributed by atoms with E-state index >= 15 is 0 Å². The van der Waals surface area contributed by atoms with Crippen molar-refractivity contribution in [1.82, 2.24) is 9.97 Å². The van der Waals surface area contributed by atoms with E-state index in [0.717, 1.165) is 5.56 Å². The minimum Gasteiger partial charge on any atom is -0.497 e. The zero-order chi connectivity index (χ0) is 24.7. The number of nitrogens with zero attached hydrogens (tertiary/aromatic N) is 2. The topological polar surface area (TPSA) is 117 Å². The van der Waals surface area contributed by atoms with Gasteiger partial charge in [-0.2, -0.15) is 0 Å². The van der Waals surface area contributed by atoms with E-state index in [9.17, 15) is 13.8 Å². The summed E-state index contributed by atoms with van der Waals surface area (Å²) in [7, 11) is 1.45. The van der Waals surface area contributed by atoms with Crippen LogP contribution in [0, 0.1) is 6.92 Å². The molecule has 0 aliphatic rings. The molecule has 0 fully saturated rings. The van der Waals surface area contributed by atoms with Crippen molar-refractivity contribution in [3.8, 4) is 11.5 Å². The highest BCUT2D eigenvalue weighted by molar-refractivity contribution is 7.84. The van der Waals surface area contributed by atoms with Gasteiger partial charge in [-0.15, -0.1) is 0 Å². The van der Waals surface area contributed by atoms with E-state index in [1.54, 1.807) is 56.6 Å². The van der Waals surface area contributed by atoms with Crippen LogP contribution in [-0.2, 0) is 32.7 Å². The molecule has 1 amide bonds. The van der Waals surface area contributed by atoms with Gasteiger partial charge in [0.05, 0.1) is 42.0 Å². The Bertz CT molecular complexity index is 1230. The SMILES string of the molecule is COc1ccc(CS(=O)c2ncccc2C(=O)Nc2cc(COC(C)=O)ncc2C)c(OC)c1. The molecule has 0 aliphatic carbocycles. The van der Waals surface area contributed by atoms with Crippen LogP contribution < -0.4 is 14.8 Å². The van der Waals surface area contributed by atoms with Gasteiger partial charge < -0.3 is 19.5 Å². The van der Waals surface area contributed by atoms with E-state index in [2.05, 4.69) is 15.3 Å². The highest BCUT2D eigenvalue weighted by Gasteiger charge is 2.20. The summed E-state index contributed by atoms with van der Waals surface area (Å²) >= 11 is 0. The number of rotatable bonds is 9. The van der Waals surface area contributed by atoms with Crippen LogP contribution in [0.15, 0.2) is 53.8 Å². The zero-order valence-electron chi connectivity index (χ0n) is 19.3. The summed E-state index contributed by atoms with van der Waals surface area (Å²) in [6.45, 7) is 3.09. The van der Waals surface area contributed by atoms with Crippen molar-refractivity contribution in [2.45, 2.75) is 31.2 Å². The van der Waals surface area contributed by atoms with Gasteiger partial charge in [-0.25, -0.2) is 4.98 Å². The Morgan fingerprint density at radius 2 is 1.88 bits per heavy atom. The summed E-state index contributed by atoms with van der Waals surface area (Å²) < 4.78 is 28.8. The van der Waals surface area contributed by atoms with Gasteiger partial charge in [0.1, 0.15) is 23.1 Å². The standard InChI is InChI=1S/C24H25N3O6S/c1-15-12-26-18(13-33-16(2)28)10-21(15)27-23(29)20-6-5-9-25-24(20)34(30)14-17-7-8-19(31-3)11-22(17)32-4/h5-12H,13-14H2,1-4H3,(H,26,27,29). The fourth-order valence-electron chi connectivity index (χ4n) is 3.07. The van der Waals surface area contributed by atoms with Crippen LogP contribution in [0.4, 0.5) is 5.69 Å². The molecule has 1 aromatic carbocycles. The van der Waals surface area contributed by atoms with E-state index in [-0.39, 0.29) is 22.9 Å². The minimum absolute atomic E-state index is 0.00959. The molecule has 1 N–H and O–H groups in total. The first-order valence-electron chi connectivity index (χ1n) is 10.3. The number of hydrogen-bond donors (Lipinski definition) is 1. The summed E-state index contributed by atoms with van der Waals surface area (Å²) in [5.41, 5.74) is 2.58. The van der Waals surface area contributed by atoms with Gasteiger partial charge in [-0.1, -0.05) is 6.07 Å². The summed E-state index contributed by atoms with van der Waals surface area (Å²) in [6.07, 6.45) is 3.07. The minimum atomic E-state index is -1.63. The number of amides is 1. The maximum absolute atomic E-state index is 13.2. The molecule has 9 nitrogen and oxygen atoms in total. The molecule has 1 atom stereocenters. The second-order valence-electron chi connectivity index (χ2n) is 7.25. The Morgan fingerprint density at radius 3 is 2.59 bits per heavy atom. The van der Waals surface area contributed by atoms with Crippen LogP contribution in [-0.4, -0.2) is 40.3 Å². The quantitative estimate of drug-likeness (QED) is 0.460. The molecule has 178 valence electrons. The van der Waals surface area contributed by atoms with Crippen LogP contribution in [0.2, 0.25) is 0 Å². The predicted molar refractivity (Wildman–Crippen MR) is 126 cm³/mol. The summed E-state index contributed by atoms with van der Waals surface area (Å²) in [5, 5.41) is 2.97. The van der Waals surface area contributed by atoms with Crippen LogP contribution in [0.3, 0.4) is 0 Å². The lowest BCUT2D eigenvalue weighted by Crippen LogP contribution is -2.17. The molecular formula is C24H25N3O6S. The third-order valence-corrected chi connectivity index (χ3v) is 6.17. The number of hydrogen-bond acceptors (Lipinski definition) is 8. The molecule has 0 bridgehead atoms. The van der Waals surface area contributed by atoms with Crippen molar-refractivity contribution in [2.75, 3.05) is 19.5 Å². The largest absolute Gasteiger partial charge is 0.497 e. The Balaban J connectivity index is 1.83. The van der Waals surface area contributed by atoms with Crippen molar-refractivity contribution in [3.05, 3.63) is 71.2 Å². The summed E-state index contributed by atoms with van der Waals surface area (Å²) in [5.74, 6) is 0.355. The van der Waals surface area contributed by atoms with Gasteiger partial charge in [-0.3, -0.25) is 18.8 Å². The Morgan fingerprint density at radius 1 is 1.09 bits per heavy atom. The normalized spacial score (nSPS) is 11.4. The fraction of sp³-hybridized carbons (Fsp3) is 0.250. The summed E-state index contributed by atoms with van der Waals surface area (Å²) in [6, 6.07) is 10.0. The molecule has 2 heterocycles. The number of benzene rings is 1. The first-order chi connectivity index (χ1) is 16.3. The third kappa shape index (κ3) is 6.16. The molecule has 10 heteroatoms. The van der Waals surface area contributed by atoms with E-state index in [0.29, 0.717) is 28.4 Å². The van der Waals surface area contributed by atoms with Crippen LogP contribution in [0.25, 0.3) is 0 Å². The average molecular weight is 484 g/mol. The van der Waals surface area contributed by atoms with Crippen LogP contribution in [0.1, 0.15) is 34.1 Å². The molecule has 0 radical (unpaired) electrons. The lowest BCUT2D eigenvalue weighted by atomic mass is 10.2. The smallest absolute Gasteiger partial charge is 0.303 e. The summed E-state index contributed by atoms with van der Waals surface area (Å²) in [4.78, 5) is 32.6. The highest BCUT2D eigenvalue weighted by Crippen LogP contribution is 2.27. The van der Waals surface area contributed by atoms with Crippen molar-refractivity contribution in [2.24, 2.45) is 0 Å². The van der Waals surface area contributed by atoms with E-state index in [1.165, 1.54) is 20.2 Å². The number of nitrogens with one attached hydrogen (secondary N) is 1. The molecule has 3 aromatic rings. The van der Waals surface area contributed by atoms with Crippen molar-refractivity contribution < 1.29 is 28.0 Å². The predicted octanol–water partition coefficient (Wildman–Crippen LogP) is 3.43. The number of anilines is 1. The number of methoxy groups -OCH3 is 2. The van der Waals surface area contributed by atoms with E-state index in [4.69, 9.17) is 14.2 Å². The van der Waals surface area contributed by atoms with E-state index in [1.807, 2.05) is 0 Å². The van der Waals surface area contributed by atoms with Gasteiger partial charge in [0.2, 0.25) is 0 Å². The van der Waals surface area contributed by atoms with Gasteiger partial charge in [-0.05, 0) is 36.8 Å². The Kier molecular flexibility index (Phi) is 8.31. The molecule has 3 rings (SSSR count). The van der Waals surface area contributed by atoms with Crippen LogP contribution in [0.5, 0.6) is 11.5 Å². The first-order valence-corrected chi connectivity index (χ1v) is 11.6. The maximum atomic E-state index is 13.2. The number of aryl methyl sites for hydroxylation is 1. The number of carbonyl (C=O) groups is 2. The lowest BCUT2D eigenvalue weighted by molar-refractivity contribution is -0.142. The highest BCUT2D eigenvalue weighted by atomic mass is 32.2. The Labute approximate surface area is 199 Å². The monoisotopic (exact) mass is 483 g/mol. The van der Waals surface area contributed by atoms with Gasteiger partial charge in [0, 0.05) is 36.6 Å². The molecule has 34 heavy (non-hydrogen) atoms. The lowest BCUT2D eigenvalue weighted by Gasteiger charge is -2.13. The number of esters is 1. The van der Waals surface area contributed by atoms with Gasteiger partial charge >= 0.3 is 5.97 Å². The molecule has 2 aromatic heterocycles. The van der Waals surface area contributed by atoms with E-state index < -0.39 is 22.7 Å². The second-order valence-corrected chi connectivity index (χ2v) is 8.62. The van der Waals surface area contributed by atoms with Crippen LogP contribution >= 0.6 is 0 Å². The third-order valence-electron chi connectivity index (χ3n) is 4.84. The molecule has 0 saturated carbocycles. The average Bonchev–Trinajstić information content (AvgIpc) is 2.84. The number of carbonyl (C=O) groups excluding carboxylic acids is 2. The molecule has 1 unspecified atom stereocenters.